The molecule has 0 aromatic heterocycles. The van der Waals surface area contributed by atoms with E-state index in [0.29, 0.717) is 5.54 Å². The number of hydrogen-bond donors (Lipinski definition) is 0. The van der Waals surface area contributed by atoms with Gasteiger partial charge in [0.2, 0.25) is 0 Å². The molecule has 0 aromatic carbocycles. The maximum absolute atomic E-state index is 2.91. The third kappa shape index (κ3) is 2.76. The van der Waals surface area contributed by atoms with Crippen LogP contribution in [0.1, 0.15) is 51.9 Å². The maximum atomic E-state index is 2.91. The molecule has 2 aliphatic carbocycles. The lowest BCUT2D eigenvalue weighted by molar-refractivity contribution is -0.0402. The van der Waals surface area contributed by atoms with E-state index in [1.54, 1.807) is 0 Å². The normalized spacial score (nSPS) is 41.1. The molecule has 0 amide bonds. The summed E-state index contributed by atoms with van der Waals surface area (Å²) in [5.41, 5.74) is 0.613. The Labute approximate surface area is 120 Å². The second-order valence-corrected chi connectivity index (χ2v) is 7.32. The molecule has 0 radical (unpaired) electrons. The van der Waals surface area contributed by atoms with Crippen LogP contribution in [0, 0.1) is 11.8 Å². The van der Waals surface area contributed by atoms with Gasteiger partial charge in [0.25, 0.3) is 0 Å². The molecule has 1 saturated heterocycles. The molecule has 2 nitrogen and oxygen atoms in total. The van der Waals surface area contributed by atoms with Gasteiger partial charge in [-0.3, -0.25) is 4.90 Å². The molecule has 2 saturated carbocycles. The minimum Gasteiger partial charge on any atom is -0.351 e. The summed E-state index contributed by atoms with van der Waals surface area (Å²) in [6.45, 7) is 7.68. The lowest BCUT2D eigenvalue weighted by Gasteiger charge is -2.56. The molecule has 3 rings (SSSR count). The van der Waals surface area contributed by atoms with Gasteiger partial charge < -0.3 is 4.81 Å². The Bertz CT molecular complexity index is 305. The first-order valence-electron chi connectivity index (χ1n) is 8.73. The van der Waals surface area contributed by atoms with Crippen LogP contribution in [0.2, 0.25) is 0 Å². The number of piperazine rings is 1. The molecule has 3 fully saturated rings. The smallest absolute Gasteiger partial charge is 0.161 e. The molecule has 3 unspecified atom stereocenters. The molecule has 3 atom stereocenters. The molecule has 3 aliphatic rings. The Hall–Kier alpha value is 0.0499. The van der Waals surface area contributed by atoms with Gasteiger partial charge in [-0.05, 0) is 50.6 Å². The molecule has 0 aromatic rings. The molecule has 4 heteroatoms. The topological polar surface area (TPSA) is 6.48 Å². The van der Waals surface area contributed by atoms with Gasteiger partial charge in [0, 0.05) is 18.6 Å². The van der Waals surface area contributed by atoms with Gasteiger partial charge in [0.15, 0.2) is 7.31 Å². The average Bonchev–Trinajstić information content (AvgIpc) is 2.47. The summed E-state index contributed by atoms with van der Waals surface area (Å²) in [6.07, 6.45) is 10.5. The standard InChI is InChI=1S/C15H30B2N2/c1-2-13-10-14-4-3-5-15(11-13,12-14)18-6-8-19(17-16)9-7-18/h13-14,17H,2-12,16H2,1H3. The highest BCUT2D eigenvalue weighted by atomic mass is 15.3. The molecule has 19 heavy (non-hydrogen) atoms. The first-order valence-corrected chi connectivity index (χ1v) is 8.73. The predicted molar refractivity (Wildman–Crippen MR) is 86.5 cm³/mol. The van der Waals surface area contributed by atoms with E-state index < -0.39 is 0 Å². The zero-order valence-electron chi connectivity index (χ0n) is 13.0. The minimum absolute atomic E-state index is 0.613. The molecule has 1 aliphatic heterocycles. The van der Waals surface area contributed by atoms with E-state index in [2.05, 4.69) is 24.4 Å². The fourth-order valence-electron chi connectivity index (χ4n) is 5.21. The first-order chi connectivity index (χ1) is 9.25. The van der Waals surface area contributed by atoms with Crippen molar-refractivity contribution in [2.24, 2.45) is 11.8 Å². The van der Waals surface area contributed by atoms with Crippen LogP contribution in [0.15, 0.2) is 0 Å². The fourth-order valence-corrected chi connectivity index (χ4v) is 5.21. The third-order valence-electron chi connectivity index (χ3n) is 6.33. The van der Waals surface area contributed by atoms with E-state index in [-0.39, 0.29) is 0 Å². The Kier molecular flexibility index (Phi) is 4.28. The molecular weight excluding hydrogens is 230 g/mol. The third-order valence-corrected chi connectivity index (χ3v) is 6.33. The highest BCUT2D eigenvalue weighted by molar-refractivity contribution is 6.87. The van der Waals surface area contributed by atoms with Crippen LogP contribution in [0.5, 0.6) is 0 Å². The van der Waals surface area contributed by atoms with Crippen molar-refractivity contribution >= 4 is 15.0 Å². The van der Waals surface area contributed by atoms with E-state index in [0.717, 1.165) is 11.8 Å². The molecular formula is C15H30B2N2. The summed E-state index contributed by atoms with van der Waals surface area (Å²) >= 11 is 0. The highest BCUT2D eigenvalue weighted by Crippen LogP contribution is 2.49. The van der Waals surface area contributed by atoms with Crippen LogP contribution in [-0.4, -0.2) is 56.5 Å². The average molecular weight is 260 g/mol. The zero-order chi connectivity index (χ0) is 13.3. The van der Waals surface area contributed by atoms with Crippen LogP contribution in [0.3, 0.4) is 0 Å². The van der Waals surface area contributed by atoms with Crippen molar-refractivity contribution in [3.8, 4) is 0 Å². The lowest BCUT2D eigenvalue weighted by atomic mass is 9.61. The molecule has 1 heterocycles. The second kappa shape index (κ2) is 5.81. The van der Waals surface area contributed by atoms with Crippen LogP contribution in [0.4, 0.5) is 0 Å². The Morgan fingerprint density at radius 3 is 2.68 bits per heavy atom. The molecule has 2 bridgehead atoms. The van der Waals surface area contributed by atoms with Gasteiger partial charge >= 0.3 is 0 Å². The maximum Gasteiger partial charge on any atom is 0.161 e. The quantitative estimate of drug-likeness (QED) is 0.705. The fraction of sp³-hybridized carbons (Fsp3) is 1.00. The largest absolute Gasteiger partial charge is 0.351 e. The number of nitrogens with zero attached hydrogens (tertiary/aromatic N) is 2. The summed E-state index contributed by atoms with van der Waals surface area (Å²) in [6, 6.07) is 0. The number of hydrogen-bond acceptors (Lipinski definition) is 2. The SMILES string of the molecule is BBN1CCN(C23CCCC(CC(CC)C2)C3)CC1. The van der Waals surface area contributed by atoms with Gasteiger partial charge in [-0.25, -0.2) is 0 Å². The number of rotatable bonds is 3. The van der Waals surface area contributed by atoms with Crippen LogP contribution in [-0.2, 0) is 0 Å². The minimum atomic E-state index is 0.613. The van der Waals surface area contributed by atoms with E-state index in [4.69, 9.17) is 0 Å². The van der Waals surface area contributed by atoms with Gasteiger partial charge in [-0.1, -0.05) is 26.2 Å². The van der Waals surface area contributed by atoms with Crippen molar-refractivity contribution in [1.29, 1.82) is 0 Å². The van der Waals surface area contributed by atoms with E-state index in [9.17, 15) is 0 Å². The summed E-state index contributed by atoms with van der Waals surface area (Å²) in [5, 5.41) is 0. The lowest BCUT2D eigenvalue weighted by Crippen LogP contribution is -2.61. The molecule has 0 N–H and O–H groups in total. The summed E-state index contributed by atoms with van der Waals surface area (Å²) < 4.78 is 0. The van der Waals surface area contributed by atoms with Gasteiger partial charge in [-0.15, -0.1) is 0 Å². The monoisotopic (exact) mass is 260 g/mol. The van der Waals surface area contributed by atoms with E-state index in [1.165, 1.54) is 78.4 Å². The Morgan fingerprint density at radius 1 is 1.21 bits per heavy atom. The Morgan fingerprint density at radius 2 is 2.00 bits per heavy atom. The summed E-state index contributed by atoms with van der Waals surface area (Å²) in [7, 11) is 3.54. The van der Waals surface area contributed by atoms with Crippen LogP contribution < -0.4 is 0 Å². The summed E-state index contributed by atoms with van der Waals surface area (Å²) in [5.74, 6) is 2.07. The molecule has 0 spiro atoms. The second-order valence-electron chi connectivity index (χ2n) is 7.32. The van der Waals surface area contributed by atoms with Crippen molar-refractivity contribution < 1.29 is 0 Å². The van der Waals surface area contributed by atoms with Gasteiger partial charge in [0.05, 0.1) is 7.74 Å². The predicted octanol–water partition coefficient (Wildman–Crippen LogP) is 1.25. The van der Waals surface area contributed by atoms with Crippen molar-refractivity contribution in [2.75, 3.05) is 26.2 Å². The van der Waals surface area contributed by atoms with Crippen molar-refractivity contribution in [3.63, 3.8) is 0 Å². The molecule has 106 valence electrons. The highest BCUT2D eigenvalue weighted by Gasteiger charge is 2.46. The van der Waals surface area contributed by atoms with E-state index >= 15 is 0 Å². The van der Waals surface area contributed by atoms with Crippen LogP contribution >= 0.6 is 0 Å². The zero-order valence-corrected chi connectivity index (χ0v) is 13.0. The van der Waals surface area contributed by atoms with Crippen molar-refractivity contribution in [3.05, 3.63) is 0 Å². The van der Waals surface area contributed by atoms with Gasteiger partial charge in [0.1, 0.15) is 0 Å². The van der Waals surface area contributed by atoms with Crippen molar-refractivity contribution in [2.45, 2.75) is 57.4 Å². The first kappa shape index (κ1) is 14.0. The van der Waals surface area contributed by atoms with Crippen LogP contribution in [0.25, 0.3) is 0 Å². The van der Waals surface area contributed by atoms with Crippen molar-refractivity contribution in [1.82, 2.24) is 9.71 Å². The van der Waals surface area contributed by atoms with E-state index in [1.807, 2.05) is 0 Å². The number of fused-ring (bicyclic) bond motifs is 2. The Balaban J connectivity index is 1.70. The summed E-state index contributed by atoms with van der Waals surface area (Å²) in [4.78, 5) is 5.53. The van der Waals surface area contributed by atoms with Gasteiger partial charge in [-0.2, -0.15) is 0 Å².